The van der Waals surface area contributed by atoms with E-state index in [1.807, 2.05) is 36.6 Å². The third-order valence-electron chi connectivity index (χ3n) is 4.12. The highest BCUT2D eigenvalue weighted by atomic mass is 32.2. The largest absolute Gasteiger partial charge is 0.464 e. The van der Waals surface area contributed by atoms with Crippen molar-refractivity contribution in [3.05, 3.63) is 72.5 Å². The van der Waals surface area contributed by atoms with Crippen molar-refractivity contribution in [1.29, 1.82) is 0 Å². The lowest BCUT2D eigenvalue weighted by molar-refractivity contribution is -0.136. The van der Waals surface area contributed by atoms with E-state index in [4.69, 9.17) is 4.42 Å². The van der Waals surface area contributed by atoms with Crippen molar-refractivity contribution in [2.45, 2.75) is 11.0 Å². The van der Waals surface area contributed by atoms with E-state index >= 15 is 0 Å². The number of aliphatic hydroxyl groups is 1. The molecular formula is C21H20N2O4S. The average molecular weight is 396 g/mol. The molecule has 7 heteroatoms. The van der Waals surface area contributed by atoms with Crippen LogP contribution >= 0.6 is 11.8 Å². The van der Waals surface area contributed by atoms with Gasteiger partial charge in [-0.2, -0.15) is 0 Å². The molecule has 3 rings (SSSR count). The molecule has 3 aromatic rings. The zero-order valence-corrected chi connectivity index (χ0v) is 16.0. The summed E-state index contributed by atoms with van der Waals surface area (Å²) < 4.78 is 5.33. The van der Waals surface area contributed by atoms with Crippen LogP contribution in [0, 0.1) is 0 Å². The van der Waals surface area contributed by atoms with Gasteiger partial charge in [-0.15, -0.1) is 11.8 Å². The normalized spacial score (nSPS) is 11.6. The molecule has 0 spiro atoms. The van der Waals surface area contributed by atoms with Gasteiger partial charge < -0.3 is 20.2 Å². The fourth-order valence-electron chi connectivity index (χ4n) is 2.63. The van der Waals surface area contributed by atoms with Crippen molar-refractivity contribution in [3.63, 3.8) is 0 Å². The fraction of sp³-hybridized carbons (Fsp3) is 0.143. The Morgan fingerprint density at radius 2 is 1.79 bits per heavy atom. The summed E-state index contributed by atoms with van der Waals surface area (Å²) in [6.07, 6.45) is 2.55. The number of hydrogen-bond acceptors (Lipinski definition) is 5. The number of carbonyl (C=O) groups is 2. The van der Waals surface area contributed by atoms with Crippen LogP contribution < -0.4 is 10.6 Å². The van der Waals surface area contributed by atoms with Gasteiger partial charge in [0.15, 0.2) is 0 Å². The molecule has 0 unspecified atom stereocenters. The molecule has 0 saturated heterocycles. The Morgan fingerprint density at radius 3 is 2.46 bits per heavy atom. The number of rotatable bonds is 6. The average Bonchev–Trinajstić information content (AvgIpc) is 3.27. The number of nitrogens with one attached hydrogen (secondary N) is 2. The van der Waals surface area contributed by atoms with Crippen LogP contribution in [0.15, 0.2) is 76.2 Å². The first-order valence-corrected chi connectivity index (χ1v) is 9.85. The Balaban J connectivity index is 1.54. The third-order valence-corrected chi connectivity index (χ3v) is 4.91. The van der Waals surface area contributed by atoms with Gasteiger partial charge in [-0.05, 0) is 36.1 Å². The highest BCUT2D eigenvalue weighted by molar-refractivity contribution is 7.98. The number of anilines is 1. The van der Waals surface area contributed by atoms with Crippen molar-refractivity contribution in [2.24, 2.45) is 0 Å². The lowest BCUT2D eigenvalue weighted by Gasteiger charge is -2.13. The predicted molar refractivity (Wildman–Crippen MR) is 109 cm³/mol. The number of aliphatic hydroxyl groups excluding tert-OH is 1. The van der Waals surface area contributed by atoms with E-state index in [1.165, 1.54) is 11.8 Å². The van der Waals surface area contributed by atoms with Gasteiger partial charge in [0.25, 0.3) is 0 Å². The van der Waals surface area contributed by atoms with E-state index in [1.54, 1.807) is 36.6 Å². The standard InChI is InChI=1S/C21H20N2O4S/c1-28-19-7-3-2-5-16(19)23-21(26)20(25)22-13-17(24)14-8-10-15(11-9-14)18-6-4-12-27-18/h2-12,17,24H,13H2,1H3,(H,22,25)(H,23,26)/t17-/m1/s1. The van der Waals surface area contributed by atoms with Crippen LogP contribution in [0.4, 0.5) is 5.69 Å². The minimum absolute atomic E-state index is 0.0729. The molecule has 0 bridgehead atoms. The van der Waals surface area contributed by atoms with Crippen LogP contribution in [0.2, 0.25) is 0 Å². The Bertz CT molecular complexity index is 939. The number of carbonyl (C=O) groups excluding carboxylic acids is 2. The van der Waals surface area contributed by atoms with Gasteiger partial charge in [0, 0.05) is 17.0 Å². The maximum absolute atomic E-state index is 12.1. The van der Waals surface area contributed by atoms with Gasteiger partial charge in [-0.25, -0.2) is 0 Å². The first-order valence-electron chi connectivity index (χ1n) is 8.62. The molecule has 28 heavy (non-hydrogen) atoms. The molecule has 0 saturated carbocycles. The van der Waals surface area contributed by atoms with Crippen LogP contribution in [0.1, 0.15) is 11.7 Å². The van der Waals surface area contributed by atoms with Crippen molar-refractivity contribution >= 4 is 29.3 Å². The Labute approximate surface area is 167 Å². The molecule has 2 aromatic carbocycles. The highest BCUT2D eigenvalue weighted by Gasteiger charge is 2.17. The van der Waals surface area contributed by atoms with Crippen LogP contribution in [-0.4, -0.2) is 29.7 Å². The summed E-state index contributed by atoms with van der Waals surface area (Å²) in [5, 5.41) is 15.3. The van der Waals surface area contributed by atoms with Crippen molar-refractivity contribution in [2.75, 3.05) is 18.1 Å². The molecule has 0 aliphatic rings. The van der Waals surface area contributed by atoms with Crippen LogP contribution in [0.25, 0.3) is 11.3 Å². The molecule has 0 aliphatic carbocycles. The van der Waals surface area contributed by atoms with Gasteiger partial charge in [-0.3, -0.25) is 9.59 Å². The number of benzene rings is 2. The lowest BCUT2D eigenvalue weighted by atomic mass is 10.1. The zero-order valence-electron chi connectivity index (χ0n) is 15.2. The molecule has 1 heterocycles. The molecule has 0 fully saturated rings. The molecule has 2 amide bonds. The van der Waals surface area contributed by atoms with Crippen LogP contribution in [0.5, 0.6) is 0 Å². The molecule has 1 atom stereocenters. The van der Waals surface area contributed by atoms with Crippen LogP contribution in [0.3, 0.4) is 0 Å². The number of hydrogen-bond donors (Lipinski definition) is 3. The van der Waals surface area contributed by atoms with Crippen molar-refractivity contribution in [3.8, 4) is 11.3 Å². The fourth-order valence-corrected chi connectivity index (χ4v) is 3.18. The molecular weight excluding hydrogens is 376 g/mol. The molecule has 3 N–H and O–H groups in total. The number of amides is 2. The molecule has 0 aliphatic heterocycles. The summed E-state index contributed by atoms with van der Waals surface area (Å²) in [5.74, 6) is -0.847. The summed E-state index contributed by atoms with van der Waals surface area (Å²) in [7, 11) is 0. The topological polar surface area (TPSA) is 91.6 Å². The minimum Gasteiger partial charge on any atom is -0.464 e. The third kappa shape index (κ3) is 4.82. The van der Waals surface area contributed by atoms with Gasteiger partial charge in [-0.1, -0.05) is 36.4 Å². The Kier molecular flexibility index (Phi) is 6.52. The van der Waals surface area contributed by atoms with Gasteiger partial charge in [0.1, 0.15) is 5.76 Å². The second kappa shape index (κ2) is 9.25. The SMILES string of the molecule is CSc1ccccc1NC(=O)C(=O)NC[C@@H](O)c1ccc(-c2ccco2)cc1. The summed E-state index contributed by atoms with van der Waals surface area (Å²) in [6, 6.07) is 18.0. The van der Waals surface area contributed by atoms with Crippen molar-refractivity contribution < 1.29 is 19.1 Å². The quantitative estimate of drug-likeness (QED) is 0.438. The van der Waals surface area contributed by atoms with E-state index in [0.717, 1.165) is 16.2 Å². The number of thioether (sulfide) groups is 1. The highest BCUT2D eigenvalue weighted by Crippen LogP contribution is 2.24. The summed E-state index contributed by atoms with van der Waals surface area (Å²) in [4.78, 5) is 25.0. The monoisotopic (exact) mass is 396 g/mol. The zero-order chi connectivity index (χ0) is 19.9. The van der Waals surface area contributed by atoms with Gasteiger partial charge >= 0.3 is 11.8 Å². The maximum atomic E-state index is 12.1. The van der Waals surface area contributed by atoms with Gasteiger partial charge in [0.2, 0.25) is 0 Å². The maximum Gasteiger partial charge on any atom is 0.313 e. The summed E-state index contributed by atoms with van der Waals surface area (Å²) >= 11 is 1.47. The Morgan fingerprint density at radius 1 is 1.04 bits per heavy atom. The van der Waals surface area contributed by atoms with E-state index in [2.05, 4.69) is 10.6 Å². The lowest BCUT2D eigenvalue weighted by Crippen LogP contribution is -2.37. The van der Waals surface area contributed by atoms with Gasteiger partial charge in [0.05, 0.1) is 18.1 Å². The smallest absolute Gasteiger partial charge is 0.313 e. The molecule has 144 valence electrons. The first kappa shape index (κ1) is 19.7. The van der Waals surface area contributed by atoms with Crippen LogP contribution in [-0.2, 0) is 9.59 Å². The summed E-state index contributed by atoms with van der Waals surface area (Å²) in [5.41, 5.74) is 2.09. The summed E-state index contributed by atoms with van der Waals surface area (Å²) in [6.45, 7) is -0.0729. The number of furan rings is 1. The van der Waals surface area contributed by atoms with E-state index in [-0.39, 0.29) is 6.54 Å². The Hall–Kier alpha value is -3.03. The number of para-hydroxylation sites is 1. The van der Waals surface area contributed by atoms with E-state index in [9.17, 15) is 14.7 Å². The molecule has 6 nitrogen and oxygen atoms in total. The second-order valence-electron chi connectivity index (χ2n) is 5.98. The van der Waals surface area contributed by atoms with E-state index < -0.39 is 17.9 Å². The first-order chi connectivity index (χ1) is 13.6. The minimum atomic E-state index is -0.930. The van der Waals surface area contributed by atoms with Crippen molar-refractivity contribution in [1.82, 2.24) is 5.32 Å². The second-order valence-corrected chi connectivity index (χ2v) is 6.83. The molecule has 0 radical (unpaired) electrons. The predicted octanol–water partition coefficient (Wildman–Crippen LogP) is 3.46. The molecule has 1 aromatic heterocycles. The van der Waals surface area contributed by atoms with E-state index in [0.29, 0.717) is 11.3 Å².